The summed E-state index contributed by atoms with van der Waals surface area (Å²) in [5, 5.41) is 0. The predicted octanol–water partition coefficient (Wildman–Crippen LogP) is 3.01. The highest BCUT2D eigenvalue weighted by atomic mass is 19.3. The van der Waals surface area contributed by atoms with Crippen molar-refractivity contribution >= 4 is 5.91 Å². The molecule has 2 aliphatic rings. The molecule has 22 heavy (non-hydrogen) atoms. The van der Waals surface area contributed by atoms with Crippen LogP contribution in [0, 0.1) is 5.92 Å². The maximum absolute atomic E-state index is 13.2. The molecule has 1 aliphatic heterocycles. The van der Waals surface area contributed by atoms with Gasteiger partial charge in [0, 0.05) is 49.7 Å². The molecule has 1 atom stereocenters. The second kappa shape index (κ2) is 6.26. The Kier molecular flexibility index (Phi) is 4.36. The number of rotatable bonds is 2. The molecule has 1 amide bonds. The van der Waals surface area contributed by atoms with Gasteiger partial charge < -0.3 is 4.90 Å². The standard InChI is InChI=1S/C16H21F2N3O/c17-16(18)6-3-12(4-7-16)15(22)21-9-1-2-13(10-21)14-5-8-19-11-20-14/h5,8,11-13H,1-4,6-7,9-10H2. The van der Waals surface area contributed by atoms with E-state index in [1.54, 1.807) is 6.20 Å². The van der Waals surface area contributed by atoms with Crippen molar-refractivity contribution < 1.29 is 13.6 Å². The summed E-state index contributed by atoms with van der Waals surface area (Å²) in [5.74, 6) is -2.54. The van der Waals surface area contributed by atoms with Crippen LogP contribution in [-0.4, -0.2) is 39.8 Å². The van der Waals surface area contributed by atoms with Crippen LogP contribution >= 0.6 is 0 Å². The van der Waals surface area contributed by atoms with Crippen molar-refractivity contribution in [2.75, 3.05) is 13.1 Å². The van der Waals surface area contributed by atoms with Crippen LogP contribution in [-0.2, 0) is 4.79 Å². The summed E-state index contributed by atoms with van der Waals surface area (Å²) in [6.07, 6.45) is 5.47. The van der Waals surface area contributed by atoms with Crippen molar-refractivity contribution in [2.24, 2.45) is 5.92 Å². The number of carbonyl (C=O) groups is 1. The number of likely N-dealkylation sites (tertiary alicyclic amines) is 1. The van der Waals surface area contributed by atoms with E-state index in [9.17, 15) is 13.6 Å². The van der Waals surface area contributed by atoms with E-state index in [0.717, 1.165) is 25.1 Å². The Bertz CT molecular complexity index is 513. The first kappa shape index (κ1) is 15.3. The summed E-state index contributed by atoms with van der Waals surface area (Å²) in [6, 6.07) is 1.89. The highest BCUT2D eigenvalue weighted by Crippen LogP contribution is 2.37. The van der Waals surface area contributed by atoms with Gasteiger partial charge in [-0.1, -0.05) is 0 Å². The van der Waals surface area contributed by atoms with Crippen molar-refractivity contribution in [2.45, 2.75) is 50.4 Å². The highest BCUT2D eigenvalue weighted by molar-refractivity contribution is 5.79. The minimum absolute atomic E-state index is 0.0502. The van der Waals surface area contributed by atoms with Gasteiger partial charge in [-0.15, -0.1) is 0 Å². The van der Waals surface area contributed by atoms with Crippen LogP contribution in [0.25, 0.3) is 0 Å². The molecular weight excluding hydrogens is 288 g/mol. The van der Waals surface area contributed by atoms with E-state index in [0.29, 0.717) is 19.4 Å². The summed E-state index contributed by atoms with van der Waals surface area (Å²) in [4.78, 5) is 22.6. The average molecular weight is 309 g/mol. The van der Waals surface area contributed by atoms with Crippen LogP contribution in [0.4, 0.5) is 8.78 Å². The lowest BCUT2D eigenvalue weighted by Gasteiger charge is -2.36. The van der Waals surface area contributed by atoms with Gasteiger partial charge in [-0.2, -0.15) is 0 Å². The van der Waals surface area contributed by atoms with Crippen LogP contribution in [0.2, 0.25) is 0 Å². The number of halogens is 2. The Morgan fingerprint density at radius 1 is 1.27 bits per heavy atom. The van der Waals surface area contributed by atoms with Crippen LogP contribution < -0.4 is 0 Å². The third kappa shape index (κ3) is 3.42. The van der Waals surface area contributed by atoms with Crippen molar-refractivity contribution in [1.82, 2.24) is 14.9 Å². The molecule has 0 radical (unpaired) electrons. The molecule has 0 bridgehead atoms. The van der Waals surface area contributed by atoms with Crippen molar-refractivity contribution in [3.05, 3.63) is 24.3 Å². The van der Waals surface area contributed by atoms with Gasteiger partial charge in [0.25, 0.3) is 0 Å². The van der Waals surface area contributed by atoms with E-state index in [1.807, 2.05) is 11.0 Å². The lowest BCUT2D eigenvalue weighted by molar-refractivity contribution is -0.140. The fraction of sp³-hybridized carbons (Fsp3) is 0.688. The molecule has 3 rings (SSSR count). The van der Waals surface area contributed by atoms with Gasteiger partial charge in [0.05, 0.1) is 0 Å². The van der Waals surface area contributed by atoms with E-state index in [4.69, 9.17) is 0 Å². The maximum Gasteiger partial charge on any atom is 0.248 e. The lowest BCUT2D eigenvalue weighted by atomic mass is 9.85. The molecular formula is C16H21F2N3O. The molecule has 1 aromatic heterocycles. The van der Waals surface area contributed by atoms with E-state index in [1.165, 1.54) is 6.33 Å². The van der Waals surface area contributed by atoms with Gasteiger partial charge in [0.15, 0.2) is 0 Å². The predicted molar refractivity (Wildman–Crippen MR) is 77.5 cm³/mol. The van der Waals surface area contributed by atoms with Gasteiger partial charge >= 0.3 is 0 Å². The molecule has 1 saturated heterocycles. The van der Waals surface area contributed by atoms with Crippen LogP contribution in [0.5, 0.6) is 0 Å². The molecule has 2 fully saturated rings. The van der Waals surface area contributed by atoms with Gasteiger partial charge in [0.2, 0.25) is 11.8 Å². The number of carbonyl (C=O) groups excluding carboxylic acids is 1. The Morgan fingerprint density at radius 2 is 2.05 bits per heavy atom. The van der Waals surface area contributed by atoms with Crippen molar-refractivity contribution in [3.8, 4) is 0 Å². The van der Waals surface area contributed by atoms with Crippen LogP contribution in [0.1, 0.15) is 50.1 Å². The van der Waals surface area contributed by atoms with E-state index < -0.39 is 5.92 Å². The Balaban J connectivity index is 1.61. The van der Waals surface area contributed by atoms with Gasteiger partial charge in [-0.05, 0) is 31.7 Å². The molecule has 1 unspecified atom stereocenters. The number of aromatic nitrogens is 2. The molecule has 0 spiro atoms. The zero-order chi connectivity index (χ0) is 15.6. The molecule has 4 nitrogen and oxygen atoms in total. The van der Waals surface area contributed by atoms with Crippen molar-refractivity contribution in [3.63, 3.8) is 0 Å². The van der Waals surface area contributed by atoms with Gasteiger partial charge in [-0.25, -0.2) is 18.7 Å². The first-order valence-electron chi connectivity index (χ1n) is 7.98. The van der Waals surface area contributed by atoms with E-state index in [2.05, 4.69) is 9.97 Å². The van der Waals surface area contributed by atoms with Crippen LogP contribution in [0.3, 0.4) is 0 Å². The van der Waals surface area contributed by atoms with E-state index >= 15 is 0 Å². The topological polar surface area (TPSA) is 46.1 Å². The third-order valence-corrected chi connectivity index (χ3v) is 4.82. The average Bonchev–Trinajstić information content (AvgIpc) is 2.55. The summed E-state index contributed by atoms with van der Waals surface area (Å²) < 4.78 is 26.5. The van der Waals surface area contributed by atoms with Gasteiger partial charge in [0.1, 0.15) is 6.33 Å². The number of hydrogen-bond acceptors (Lipinski definition) is 3. The second-order valence-corrected chi connectivity index (χ2v) is 6.39. The minimum Gasteiger partial charge on any atom is -0.342 e. The quantitative estimate of drug-likeness (QED) is 0.843. The lowest BCUT2D eigenvalue weighted by Crippen LogP contribution is -2.44. The zero-order valence-electron chi connectivity index (χ0n) is 12.5. The number of nitrogens with zero attached hydrogens (tertiary/aromatic N) is 3. The molecule has 1 aromatic rings. The zero-order valence-corrected chi connectivity index (χ0v) is 12.5. The summed E-state index contributed by atoms with van der Waals surface area (Å²) in [7, 11) is 0. The van der Waals surface area contributed by atoms with Gasteiger partial charge in [-0.3, -0.25) is 4.79 Å². The number of piperidine rings is 1. The highest BCUT2D eigenvalue weighted by Gasteiger charge is 2.39. The molecule has 0 aromatic carbocycles. The Morgan fingerprint density at radius 3 is 2.73 bits per heavy atom. The fourth-order valence-electron chi connectivity index (χ4n) is 3.51. The summed E-state index contributed by atoms with van der Waals surface area (Å²) in [6.45, 7) is 1.37. The molecule has 0 N–H and O–H groups in total. The normalized spacial score (nSPS) is 25.9. The largest absolute Gasteiger partial charge is 0.342 e. The summed E-state index contributed by atoms with van der Waals surface area (Å²) >= 11 is 0. The van der Waals surface area contributed by atoms with E-state index in [-0.39, 0.29) is 30.6 Å². The molecule has 6 heteroatoms. The number of alkyl halides is 2. The Labute approximate surface area is 128 Å². The smallest absolute Gasteiger partial charge is 0.248 e. The summed E-state index contributed by atoms with van der Waals surface area (Å²) in [5.41, 5.74) is 0.961. The van der Waals surface area contributed by atoms with Crippen molar-refractivity contribution in [1.29, 1.82) is 0 Å². The fourth-order valence-corrected chi connectivity index (χ4v) is 3.51. The minimum atomic E-state index is -2.58. The molecule has 120 valence electrons. The molecule has 2 heterocycles. The number of amides is 1. The molecule has 1 aliphatic carbocycles. The second-order valence-electron chi connectivity index (χ2n) is 6.39. The monoisotopic (exact) mass is 309 g/mol. The first-order chi connectivity index (χ1) is 10.6. The maximum atomic E-state index is 13.2. The SMILES string of the molecule is O=C(C1CCC(F)(F)CC1)N1CCCC(c2ccncn2)C1. The Hall–Kier alpha value is -1.59. The molecule has 1 saturated carbocycles. The third-order valence-electron chi connectivity index (χ3n) is 4.82. The first-order valence-corrected chi connectivity index (χ1v) is 7.98. The van der Waals surface area contributed by atoms with Crippen LogP contribution in [0.15, 0.2) is 18.6 Å². The number of hydrogen-bond donors (Lipinski definition) is 0.